The van der Waals surface area contributed by atoms with Crippen LogP contribution < -0.4 is 10.2 Å². The van der Waals surface area contributed by atoms with Crippen LogP contribution in [0.25, 0.3) is 0 Å². The molecule has 76 heavy (non-hydrogen) atoms. The predicted octanol–water partition coefficient (Wildman–Crippen LogP) is 18.8. The second-order valence-corrected chi connectivity index (χ2v) is 23.6. The van der Waals surface area contributed by atoms with Crippen molar-refractivity contribution >= 4 is 19.7 Å². The van der Waals surface area contributed by atoms with E-state index in [9.17, 15) is 19.0 Å². The molecule has 1 amide bonds. The van der Waals surface area contributed by atoms with Crippen LogP contribution in [0.15, 0.2) is 85.1 Å². The minimum absolute atomic E-state index is 0.0287. The zero-order valence-corrected chi connectivity index (χ0v) is 51.1. The molecule has 0 aromatic carbocycles. The van der Waals surface area contributed by atoms with Crippen LogP contribution in [0.4, 0.5) is 0 Å². The van der Waals surface area contributed by atoms with E-state index in [2.05, 4.69) is 99.0 Å². The van der Waals surface area contributed by atoms with Crippen molar-refractivity contribution in [3.8, 4) is 0 Å². The molecule has 0 aromatic heterocycles. The molecule has 0 aliphatic rings. The molecule has 0 heterocycles. The summed E-state index contributed by atoms with van der Waals surface area (Å²) in [6, 6.07) is -0.901. The number of nitrogens with zero attached hydrogens (tertiary/aromatic N) is 1. The van der Waals surface area contributed by atoms with E-state index in [4.69, 9.17) is 13.8 Å². The fourth-order valence-electron chi connectivity index (χ4n) is 8.76. The number of hydrogen-bond acceptors (Lipinski definition) is 7. The van der Waals surface area contributed by atoms with Gasteiger partial charge < -0.3 is 28.5 Å². The lowest BCUT2D eigenvalue weighted by molar-refractivity contribution is -0.870. The van der Waals surface area contributed by atoms with Gasteiger partial charge in [0.25, 0.3) is 7.82 Å². The van der Waals surface area contributed by atoms with Crippen molar-refractivity contribution in [3.05, 3.63) is 85.1 Å². The summed E-state index contributed by atoms with van der Waals surface area (Å²) in [6.07, 6.45) is 72.6. The first-order valence-corrected chi connectivity index (χ1v) is 32.9. The van der Waals surface area contributed by atoms with Crippen LogP contribution in [-0.4, -0.2) is 69.4 Å². The molecule has 0 radical (unpaired) electrons. The van der Waals surface area contributed by atoms with E-state index in [0.717, 1.165) is 103 Å². The fourth-order valence-corrected chi connectivity index (χ4v) is 9.48. The largest absolute Gasteiger partial charge is 0.756 e. The number of nitrogens with one attached hydrogen (secondary N) is 1. The average Bonchev–Trinajstić information content (AvgIpc) is 3.38. The molecule has 10 heteroatoms. The van der Waals surface area contributed by atoms with Gasteiger partial charge in [-0.1, -0.05) is 260 Å². The Morgan fingerprint density at radius 1 is 0.474 bits per heavy atom. The molecule has 0 aliphatic heterocycles. The molecule has 0 fully saturated rings. The Morgan fingerprint density at radius 3 is 1.26 bits per heavy atom. The highest BCUT2D eigenvalue weighted by molar-refractivity contribution is 7.45. The first kappa shape index (κ1) is 73.2. The maximum absolute atomic E-state index is 13.5. The number of esters is 1. The van der Waals surface area contributed by atoms with Gasteiger partial charge in [-0.05, 0) is 83.1 Å². The Labute approximate surface area is 469 Å². The highest BCUT2D eigenvalue weighted by atomic mass is 31.2. The number of ether oxygens (including phenoxy) is 1. The van der Waals surface area contributed by atoms with Crippen molar-refractivity contribution in [1.82, 2.24) is 5.32 Å². The van der Waals surface area contributed by atoms with Crippen molar-refractivity contribution < 1.29 is 37.3 Å². The summed E-state index contributed by atoms with van der Waals surface area (Å²) >= 11 is 0. The maximum atomic E-state index is 13.5. The number of likely N-dealkylation sites (N-methyl/N-ethyl adjacent to an activating group) is 1. The third kappa shape index (κ3) is 55.9. The van der Waals surface area contributed by atoms with Gasteiger partial charge in [-0.15, -0.1) is 0 Å². The Balaban J connectivity index is 5.30. The topological polar surface area (TPSA) is 114 Å². The third-order valence-corrected chi connectivity index (χ3v) is 14.6. The van der Waals surface area contributed by atoms with E-state index >= 15 is 0 Å². The van der Waals surface area contributed by atoms with E-state index in [1.165, 1.54) is 128 Å². The Morgan fingerprint density at radius 2 is 0.842 bits per heavy atom. The van der Waals surface area contributed by atoms with Crippen LogP contribution in [0.2, 0.25) is 0 Å². The lowest BCUT2D eigenvalue weighted by Gasteiger charge is -2.30. The zero-order chi connectivity index (χ0) is 55.7. The second-order valence-electron chi connectivity index (χ2n) is 22.2. The summed E-state index contributed by atoms with van der Waals surface area (Å²) in [6.45, 7) is 6.72. The van der Waals surface area contributed by atoms with Gasteiger partial charge in [-0.3, -0.25) is 14.2 Å². The van der Waals surface area contributed by atoms with Crippen LogP contribution in [0, 0.1) is 0 Å². The molecule has 3 atom stereocenters. The molecule has 0 rings (SSSR count). The number of unbranched alkanes of at least 4 members (excludes halogenated alkanes) is 28. The molecule has 0 saturated carbocycles. The molecule has 0 aromatic rings. The second kappa shape index (κ2) is 55.5. The summed E-state index contributed by atoms with van der Waals surface area (Å²) in [5.74, 6) is -0.567. The molecule has 0 aliphatic carbocycles. The third-order valence-electron chi connectivity index (χ3n) is 13.6. The number of phosphoric acid groups is 1. The van der Waals surface area contributed by atoms with Gasteiger partial charge >= 0.3 is 5.97 Å². The summed E-state index contributed by atoms with van der Waals surface area (Å²) in [7, 11) is 1.17. The number of carbonyl (C=O) groups excluding carboxylic acids is 2. The molecular weight excluding hydrogens is 964 g/mol. The number of hydrogen-bond donors (Lipinski definition) is 1. The minimum atomic E-state index is -4.71. The monoisotopic (exact) mass is 1080 g/mol. The van der Waals surface area contributed by atoms with E-state index in [1.54, 1.807) is 0 Å². The fraction of sp³-hybridized carbons (Fsp3) is 0.758. The lowest BCUT2D eigenvalue weighted by atomic mass is 10.0. The number of amides is 1. The molecule has 9 nitrogen and oxygen atoms in total. The van der Waals surface area contributed by atoms with E-state index in [1.807, 2.05) is 33.3 Å². The van der Waals surface area contributed by atoms with E-state index in [-0.39, 0.29) is 24.9 Å². The normalized spacial score (nSPS) is 14.2. The summed E-state index contributed by atoms with van der Waals surface area (Å²) in [5.41, 5.74) is 0. The highest BCUT2D eigenvalue weighted by Gasteiger charge is 2.27. The van der Waals surface area contributed by atoms with Gasteiger partial charge in [-0.25, -0.2) is 0 Å². The number of rotatable bonds is 56. The Bertz CT molecular complexity index is 1580. The standard InChI is InChI=1S/C66H119N2O7P/c1-7-10-13-16-19-22-25-28-30-31-32-33-34-35-36-37-38-41-44-47-50-53-56-59-66(70)75-64(57-54-51-48-45-42-39-27-24-21-18-15-12-9-3)63(62-74-76(71,72)73-61-60-68(4,5)6)67-65(69)58-55-52-49-46-43-40-29-26-23-20-17-14-11-8-2/h10,13,19,22,28,30,32-33,35-36,38,41,54,57,63-64H,7-9,11-12,14-18,20-21,23-27,29,31,34,37,39-40,42-53,55-56,58-62H2,1-6H3,(H-,67,69,71,72)/b13-10-,22-19-,30-28-,33-32-,36-35-,41-38-,57-54+. The molecular formula is C66H119N2O7P. The van der Waals surface area contributed by atoms with Crippen LogP contribution in [0.1, 0.15) is 271 Å². The first-order valence-electron chi connectivity index (χ1n) is 31.4. The Hall–Kier alpha value is -2.81. The minimum Gasteiger partial charge on any atom is -0.756 e. The van der Waals surface area contributed by atoms with E-state index in [0.29, 0.717) is 23.9 Å². The van der Waals surface area contributed by atoms with Crippen molar-refractivity contribution in [2.24, 2.45) is 0 Å². The smallest absolute Gasteiger partial charge is 0.306 e. The van der Waals surface area contributed by atoms with Gasteiger partial charge in [0.1, 0.15) is 19.3 Å². The highest BCUT2D eigenvalue weighted by Crippen LogP contribution is 2.38. The molecule has 0 spiro atoms. The van der Waals surface area contributed by atoms with Crippen molar-refractivity contribution in [2.75, 3.05) is 40.9 Å². The van der Waals surface area contributed by atoms with Gasteiger partial charge in [0, 0.05) is 12.8 Å². The van der Waals surface area contributed by atoms with Gasteiger partial charge in [-0.2, -0.15) is 0 Å². The predicted molar refractivity (Wildman–Crippen MR) is 325 cm³/mol. The molecule has 3 unspecified atom stereocenters. The molecule has 0 bridgehead atoms. The molecule has 1 N–H and O–H groups in total. The maximum Gasteiger partial charge on any atom is 0.306 e. The summed E-state index contributed by atoms with van der Waals surface area (Å²) < 4.78 is 30.3. The Kier molecular flexibility index (Phi) is 53.5. The molecule has 0 saturated heterocycles. The van der Waals surface area contributed by atoms with Crippen molar-refractivity contribution in [2.45, 2.75) is 283 Å². The van der Waals surface area contributed by atoms with Crippen molar-refractivity contribution in [1.29, 1.82) is 0 Å². The quantitative estimate of drug-likeness (QED) is 0.0212. The van der Waals surface area contributed by atoms with Crippen molar-refractivity contribution in [3.63, 3.8) is 0 Å². The summed E-state index contributed by atoms with van der Waals surface area (Å²) in [4.78, 5) is 40.0. The zero-order valence-electron chi connectivity index (χ0n) is 50.2. The van der Waals surface area contributed by atoms with Crippen LogP contribution in [0.3, 0.4) is 0 Å². The number of allylic oxidation sites excluding steroid dienone is 13. The van der Waals surface area contributed by atoms with Crippen LogP contribution in [0.5, 0.6) is 0 Å². The van der Waals surface area contributed by atoms with Crippen LogP contribution in [-0.2, 0) is 27.9 Å². The number of phosphoric ester groups is 1. The average molecular weight is 1080 g/mol. The number of quaternary nitrogens is 1. The lowest BCUT2D eigenvalue weighted by Crippen LogP contribution is -2.47. The number of carbonyl (C=O) groups is 2. The summed E-state index contributed by atoms with van der Waals surface area (Å²) in [5, 5.41) is 3.02. The van der Waals surface area contributed by atoms with Gasteiger partial charge in [0.15, 0.2) is 0 Å². The van der Waals surface area contributed by atoms with E-state index < -0.39 is 26.6 Å². The SMILES string of the molecule is CC/C=C\C/C=C\C/C=C\C/C=C\C/C=C\C/C=C\CCCCCCC(=O)OC(/C=C/CCCCCCCCCCCCC)C(COP(=O)([O-])OCC[N+](C)(C)C)NC(=O)CCCCCCCCCCCCCCCC. The first-order chi connectivity index (χ1) is 36.9. The van der Waals surface area contributed by atoms with Crippen LogP contribution >= 0.6 is 7.82 Å². The van der Waals surface area contributed by atoms with Gasteiger partial charge in [0.2, 0.25) is 5.91 Å². The molecule has 440 valence electrons. The van der Waals surface area contributed by atoms with Gasteiger partial charge in [0.05, 0.1) is 33.8 Å².